The molecule has 0 aromatic carbocycles. The quantitative estimate of drug-likeness (QED) is 0.0811. The van der Waals surface area contributed by atoms with E-state index in [0.717, 1.165) is 19.3 Å². The largest absolute Gasteiger partial charge is 0.346 e. The number of fused-ring (bicyclic) bond motifs is 1. The highest BCUT2D eigenvalue weighted by Crippen LogP contribution is 2.50. The maximum absolute atomic E-state index is 14.2. The number of piperidine rings is 1. The second-order valence-electron chi connectivity index (χ2n) is 14.9. The number of nitrogens with one attached hydrogen (secondary N) is 5. The Morgan fingerprint density at radius 1 is 1.04 bits per heavy atom. The number of carbonyl (C=O) groups excluding carboxylic acids is 5. The fraction of sp³-hybridized carbons (Fsp3) is 0.781. The van der Waals surface area contributed by atoms with E-state index >= 15 is 0 Å². The SMILES string of the molecule is C=CCNC(=O)C(=O)C(CCCC)NC(=O)[C@@H]1[C@H]2C[C@H]2CN1C(=O)[C@@H](NC(=O)N[C@H](CN1CCCN[SH+]1=O)C(C)(C)C)C(C)(C)C. The third-order valence-electron chi connectivity index (χ3n) is 9.04. The number of Topliss-reactive ketones (excluding diaryl/α,β-unsaturated/α-hetero) is 1. The van der Waals surface area contributed by atoms with Gasteiger partial charge in [0.1, 0.15) is 12.1 Å². The van der Waals surface area contributed by atoms with E-state index in [2.05, 4.69) is 32.6 Å². The summed E-state index contributed by atoms with van der Waals surface area (Å²) in [7, 11) is 0. The van der Waals surface area contributed by atoms with Gasteiger partial charge in [0.05, 0.1) is 18.6 Å². The monoisotopic (exact) mass is 666 g/mol. The van der Waals surface area contributed by atoms with Crippen molar-refractivity contribution in [2.75, 3.05) is 32.7 Å². The number of nitrogens with zero attached hydrogens (tertiary/aromatic N) is 2. The van der Waals surface area contributed by atoms with Crippen molar-refractivity contribution < 1.29 is 28.2 Å². The van der Waals surface area contributed by atoms with Gasteiger partial charge < -0.3 is 26.2 Å². The zero-order valence-electron chi connectivity index (χ0n) is 28.6. The van der Waals surface area contributed by atoms with E-state index in [-0.39, 0.29) is 35.7 Å². The van der Waals surface area contributed by atoms with Crippen molar-refractivity contribution in [3.8, 4) is 0 Å². The predicted molar refractivity (Wildman–Crippen MR) is 179 cm³/mol. The summed E-state index contributed by atoms with van der Waals surface area (Å²) in [6.45, 7) is 19.3. The molecule has 3 fully saturated rings. The van der Waals surface area contributed by atoms with Crippen molar-refractivity contribution in [1.29, 1.82) is 0 Å². The second kappa shape index (κ2) is 15.8. The maximum atomic E-state index is 14.2. The molecule has 7 atom stereocenters. The fourth-order valence-electron chi connectivity index (χ4n) is 6.06. The van der Waals surface area contributed by atoms with E-state index in [9.17, 15) is 28.2 Å². The smallest absolute Gasteiger partial charge is 0.315 e. The van der Waals surface area contributed by atoms with Gasteiger partial charge in [-0.15, -0.1) is 15.6 Å². The molecular weight excluding hydrogens is 610 g/mol. The molecule has 0 radical (unpaired) electrons. The highest BCUT2D eigenvalue weighted by atomic mass is 32.2. The molecule has 3 rings (SSSR count). The Morgan fingerprint density at radius 3 is 2.33 bits per heavy atom. The van der Waals surface area contributed by atoms with Gasteiger partial charge in [-0.1, -0.05) is 71.6 Å². The molecule has 2 aliphatic heterocycles. The molecule has 2 unspecified atom stereocenters. The summed E-state index contributed by atoms with van der Waals surface area (Å²) in [5.41, 5.74) is -1.05. The molecule has 1 aliphatic carbocycles. The molecule has 0 spiro atoms. The molecule has 13 nitrogen and oxygen atoms in total. The van der Waals surface area contributed by atoms with Crippen LogP contribution in [0, 0.1) is 22.7 Å². The van der Waals surface area contributed by atoms with Gasteiger partial charge in [-0.3, -0.25) is 19.2 Å². The summed E-state index contributed by atoms with van der Waals surface area (Å²) >= 11 is -1.73. The number of thiol groups is 1. The molecule has 5 amide bonds. The van der Waals surface area contributed by atoms with Gasteiger partial charge in [0.15, 0.2) is 0 Å². The molecule has 14 heteroatoms. The first-order valence-electron chi connectivity index (χ1n) is 16.6. The number of unbranched alkanes of at least 4 members (excludes halogenated alkanes) is 1. The first-order chi connectivity index (χ1) is 21.5. The van der Waals surface area contributed by atoms with Crippen LogP contribution in [-0.2, 0) is 34.6 Å². The van der Waals surface area contributed by atoms with Crippen molar-refractivity contribution in [3.63, 3.8) is 0 Å². The van der Waals surface area contributed by atoms with Crippen molar-refractivity contribution in [2.24, 2.45) is 22.7 Å². The Hall–Kier alpha value is -2.84. The number of hydrogen-bond acceptors (Lipinski definition) is 6. The minimum atomic E-state index is -1.73. The van der Waals surface area contributed by atoms with Crippen LogP contribution in [0.5, 0.6) is 0 Å². The van der Waals surface area contributed by atoms with Crippen LogP contribution < -0.4 is 26.0 Å². The van der Waals surface area contributed by atoms with Crippen LogP contribution in [0.1, 0.15) is 80.6 Å². The van der Waals surface area contributed by atoms with E-state index < -0.39 is 58.3 Å². The molecule has 46 heavy (non-hydrogen) atoms. The van der Waals surface area contributed by atoms with E-state index in [1.165, 1.54) is 11.0 Å². The summed E-state index contributed by atoms with van der Waals surface area (Å²) in [4.78, 5) is 68.3. The van der Waals surface area contributed by atoms with Crippen LogP contribution in [0.25, 0.3) is 0 Å². The lowest BCUT2D eigenvalue weighted by Gasteiger charge is -2.38. The van der Waals surface area contributed by atoms with Crippen LogP contribution in [-0.4, -0.2) is 95.6 Å². The Kier molecular flexibility index (Phi) is 12.9. The van der Waals surface area contributed by atoms with Gasteiger partial charge in [0, 0.05) is 26.2 Å². The Balaban J connectivity index is 1.75. The number of ketones is 1. The standard InChI is InChI=1S/C32H55N7O6S/c1-9-11-13-22(25(40)28(42)33-14-10-2)35-27(41)24-21-17-20(21)18-39(24)29(43)26(32(6,7)8)37-30(44)36-23(31(3,4)5)19-38-16-12-15-34-46(38)45/h10,20-24,26H,2,9,11-19H2,1,3-8H3,(H,33,42)(H,34,45)(H,35,41)(H2,36,37,44)/p+1/t20-,21-,22?,23+,24-,26+,46?/m0/s1. The summed E-state index contributed by atoms with van der Waals surface area (Å²) in [5.74, 6) is -2.22. The van der Waals surface area contributed by atoms with Crippen LogP contribution in [0.2, 0.25) is 0 Å². The number of hydrogen-bond donors (Lipinski definition) is 5. The number of rotatable bonds is 14. The van der Waals surface area contributed by atoms with Gasteiger partial charge in [0.25, 0.3) is 5.91 Å². The van der Waals surface area contributed by atoms with Crippen LogP contribution in [0.4, 0.5) is 4.79 Å². The topological polar surface area (TPSA) is 169 Å². The van der Waals surface area contributed by atoms with Crippen molar-refractivity contribution in [1.82, 2.24) is 35.2 Å². The van der Waals surface area contributed by atoms with Gasteiger partial charge in [-0.2, -0.15) is 0 Å². The molecule has 1 saturated carbocycles. The van der Waals surface area contributed by atoms with E-state index in [1.54, 1.807) is 0 Å². The summed E-state index contributed by atoms with van der Waals surface area (Å²) in [6, 6.07) is -3.63. The second-order valence-corrected chi connectivity index (χ2v) is 16.4. The van der Waals surface area contributed by atoms with Crippen LogP contribution in [0.3, 0.4) is 0 Å². The van der Waals surface area contributed by atoms with E-state index in [0.29, 0.717) is 39.0 Å². The highest BCUT2D eigenvalue weighted by Gasteiger charge is 2.58. The van der Waals surface area contributed by atoms with Crippen LogP contribution >= 0.6 is 0 Å². The average Bonchev–Trinajstić information content (AvgIpc) is 3.64. The normalized spacial score (nSPS) is 25.0. The van der Waals surface area contributed by atoms with Gasteiger partial charge in [-0.25, -0.2) is 4.79 Å². The molecule has 5 N–H and O–H groups in total. The fourth-order valence-corrected chi connectivity index (χ4v) is 7.24. The molecule has 3 aliphatic rings. The zero-order valence-corrected chi connectivity index (χ0v) is 29.5. The summed E-state index contributed by atoms with van der Waals surface area (Å²) in [5, 5.41) is 11.2. The van der Waals surface area contributed by atoms with Crippen molar-refractivity contribution in [2.45, 2.75) is 105 Å². The lowest BCUT2D eigenvalue weighted by molar-refractivity contribution is -0.144. The van der Waals surface area contributed by atoms with Crippen LogP contribution in [0.15, 0.2) is 12.7 Å². The number of amides is 5. The molecule has 0 aromatic rings. The zero-order chi connectivity index (χ0) is 34.4. The minimum absolute atomic E-state index is 0.0414. The van der Waals surface area contributed by atoms with Crippen molar-refractivity contribution in [3.05, 3.63) is 12.7 Å². The van der Waals surface area contributed by atoms with Gasteiger partial charge >= 0.3 is 6.03 Å². The molecule has 260 valence electrons. The number of likely N-dealkylation sites (tertiary alicyclic amines) is 1. The lowest BCUT2D eigenvalue weighted by atomic mass is 9.85. The third-order valence-corrected chi connectivity index (χ3v) is 10.4. The average molecular weight is 667 g/mol. The maximum Gasteiger partial charge on any atom is 0.315 e. The van der Waals surface area contributed by atoms with E-state index in [4.69, 9.17) is 0 Å². The Bertz CT molecular complexity index is 1180. The number of urea groups is 1. The summed E-state index contributed by atoms with van der Waals surface area (Å²) in [6.07, 6.45) is 4.84. The highest BCUT2D eigenvalue weighted by molar-refractivity contribution is 7.80. The molecule has 0 bridgehead atoms. The third kappa shape index (κ3) is 9.83. The molecular formula is C32H56N7O6S+. The molecule has 2 saturated heterocycles. The first-order valence-corrected chi connectivity index (χ1v) is 17.8. The minimum Gasteiger partial charge on any atom is -0.346 e. The van der Waals surface area contributed by atoms with E-state index in [1.807, 2.05) is 52.8 Å². The number of carbonyl (C=O) groups is 5. The van der Waals surface area contributed by atoms with Crippen molar-refractivity contribution >= 4 is 40.7 Å². The Labute approximate surface area is 276 Å². The summed E-state index contributed by atoms with van der Waals surface area (Å²) < 4.78 is 17.4. The predicted octanol–water partition coefficient (Wildman–Crippen LogP) is 1.33. The molecule has 0 aromatic heterocycles. The van der Waals surface area contributed by atoms with Gasteiger partial charge in [0.2, 0.25) is 28.8 Å². The molecule has 2 heterocycles. The van der Waals surface area contributed by atoms with Gasteiger partial charge in [-0.05, 0) is 41.9 Å². The Morgan fingerprint density at radius 2 is 1.74 bits per heavy atom. The lowest BCUT2D eigenvalue weighted by Crippen LogP contribution is -2.62. The first kappa shape index (κ1) is 37.6.